The second-order valence-corrected chi connectivity index (χ2v) is 24.2. The van der Waals surface area contributed by atoms with Gasteiger partial charge in [0.2, 0.25) is 0 Å². The van der Waals surface area contributed by atoms with Crippen molar-refractivity contribution < 1.29 is 95.6 Å². The van der Waals surface area contributed by atoms with E-state index in [-0.39, 0.29) is 72.0 Å². The Bertz CT molecular complexity index is 2090. The topological polar surface area (TPSA) is 222 Å². The van der Waals surface area contributed by atoms with E-state index < -0.39 is 110 Å². The normalized spacial score (nSPS) is 48.5. The predicted molar refractivity (Wildman–Crippen MR) is 282 cm³/mol. The molecule has 5 heterocycles. The van der Waals surface area contributed by atoms with Crippen molar-refractivity contribution in [3.05, 3.63) is 23.3 Å². The first-order valence-corrected chi connectivity index (χ1v) is 29.4. The number of esters is 1. The molecule has 28 atom stereocenters. The van der Waals surface area contributed by atoms with Crippen LogP contribution in [-0.2, 0) is 85.4 Å². The Morgan fingerprint density at radius 1 is 0.582 bits per heavy atom. The number of rotatable bonds is 18. The molecule has 0 amide bonds. The lowest BCUT2D eigenvalue weighted by atomic mass is 9.53. The molecule has 5 aliphatic heterocycles. The average molecular weight is 1120 g/mol. The summed E-state index contributed by atoms with van der Waals surface area (Å²) in [6, 6.07) is 0. The lowest BCUT2D eigenvalue weighted by Crippen LogP contribution is -2.59. The number of aliphatic hydroxyl groups is 2. The lowest BCUT2D eigenvalue weighted by Gasteiger charge is -2.55. The minimum Gasteiger partial charge on any atom is -0.459 e. The molecule has 2 N–H and O–H groups in total. The van der Waals surface area contributed by atoms with Crippen molar-refractivity contribution in [1.82, 2.24) is 0 Å². The van der Waals surface area contributed by atoms with Crippen molar-refractivity contribution in [1.29, 1.82) is 0 Å². The first kappa shape index (κ1) is 61.5. The van der Waals surface area contributed by atoms with Gasteiger partial charge in [0.25, 0.3) is 0 Å². The monoisotopic (exact) mass is 1120 g/mol. The smallest absolute Gasteiger partial charge is 0.333 e. The van der Waals surface area contributed by atoms with Crippen LogP contribution in [0.3, 0.4) is 0 Å². The van der Waals surface area contributed by atoms with Gasteiger partial charge in [-0.1, -0.05) is 17.7 Å². The van der Waals surface area contributed by atoms with Gasteiger partial charge in [-0.2, -0.15) is 0 Å². The van der Waals surface area contributed by atoms with E-state index in [1.54, 1.807) is 62.4 Å². The van der Waals surface area contributed by atoms with Crippen LogP contribution in [0.5, 0.6) is 0 Å². The minimum absolute atomic E-state index is 0.000478. The first-order chi connectivity index (χ1) is 37.8. The molecule has 0 aromatic carbocycles. The van der Waals surface area contributed by atoms with Crippen LogP contribution in [0.15, 0.2) is 23.3 Å². The molecule has 0 aromatic rings. The summed E-state index contributed by atoms with van der Waals surface area (Å²) in [4.78, 5) is 26.1. The molecule has 450 valence electrons. The summed E-state index contributed by atoms with van der Waals surface area (Å²) >= 11 is 0. The van der Waals surface area contributed by atoms with Crippen molar-refractivity contribution in [2.24, 2.45) is 29.6 Å². The third-order valence-corrected chi connectivity index (χ3v) is 19.6. The van der Waals surface area contributed by atoms with Gasteiger partial charge in [0, 0.05) is 85.1 Å². The molecule has 8 fully saturated rings. The number of allylic oxidation sites excluding steroid dienone is 2. The van der Waals surface area contributed by atoms with Gasteiger partial charge < -0.3 is 86.0 Å². The Morgan fingerprint density at radius 3 is 1.44 bits per heavy atom. The molecule has 79 heavy (non-hydrogen) atoms. The zero-order valence-corrected chi connectivity index (χ0v) is 49.0. The summed E-state index contributed by atoms with van der Waals surface area (Å²) in [7, 11) is 8.21. The largest absolute Gasteiger partial charge is 0.459 e. The average Bonchev–Trinajstić information content (AvgIpc) is 3.71. The van der Waals surface area contributed by atoms with Gasteiger partial charge in [0.15, 0.2) is 31.5 Å². The second-order valence-electron chi connectivity index (χ2n) is 24.2. The number of fused-ring (bicyclic) bond motifs is 5. The quantitative estimate of drug-likeness (QED) is 0.0911. The number of carbonyl (C=O) groups excluding carboxylic acids is 2. The maximum atomic E-state index is 13.2. The molecule has 9 rings (SSSR count). The van der Waals surface area contributed by atoms with Crippen molar-refractivity contribution >= 4 is 11.8 Å². The van der Waals surface area contributed by atoms with Gasteiger partial charge in [-0.3, -0.25) is 4.79 Å². The van der Waals surface area contributed by atoms with Crippen LogP contribution < -0.4 is 0 Å². The number of Topliss-reactive ketones (excluding diaryl/α,β-unsaturated/α-hetero) is 1. The van der Waals surface area contributed by atoms with Gasteiger partial charge in [0.05, 0.1) is 72.7 Å². The molecular formula is C59H94O20. The van der Waals surface area contributed by atoms with Crippen LogP contribution in [0.25, 0.3) is 0 Å². The highest BCUT2D eigenvalue weighted by Gasteiger charge is 2.64. The van der Waals surface area contributed by atoms with Crippen molar-refractivity contribution in [3.8, 4) is 0 Å². The zero-order valence-electron chi connectivity index (χ0n) is 49.0. The number of ketones is 1. The molecule has 20 heteroatoms. The van der Waals surface area contributed by atoms with Crippen molar-refractivity contribution in [2.75, 3.05) is 35.5 Å². The third-order valence-electron chi connectivity index (χ3n) is 19.6. The number of ether oxygens (including phenoxy) is 16. The highest BCUT2D eigenvalue weighted by atomic mass is 16.8. The summed E-state index contributed by atoms with van der Waals surface area (Å²) in [5.41, 5.74) is 0.785. The molecule has 0 aromatic heterocycles. The summed E-state index contributed by atoms with van der Waals surface area (Å²) in [6.07, 6.45) is 0.818. The van der Waals surface area contributed by atoms with Crippen LogP contribution in [0.4, 0.5) is 0 Å². The number of methoxy groups -OCH3 is 5. The van der Waals surface area contributed by atoms with Crippen LogP contribution >= 0.6 is 0 Å². The summed E-state index contributed by atoms with van der Waals surface area (Å²) < 4.78 is 101. The van der Waals surface area contributed by atoms with Crippen LogP contribution in [-0.4, -0.2) is 198 Å². The van der Waals surface area contributed by atoms with Crippen LogP contribution in [0.1, 0.15) is 132 Å². The SMILES string of the molecule is CC=C(C)C(=O)OC1CC2C3CCC(OC4CC(OC)C(OC5CC(OC)C(OC6CC(OC)C(OC7CC(OC)C(OC8CC(OC)C(O)C(C)O8)C(C)O7)C(C)O6)C(C)O5)C(C)O4)CC3=CCC2C2(O)CCC(C(C)=O)C12. The maximum absolute atomic E-state index is 13.2. The summed E-state index contributed by atoms with van der Waals surface area (Å²) in [6.45, 7) is 14.7. The maximum Gasteiger partial charge on any atom is 0.333 e. The highest BCUT2D eigenvalue weighted by molar-refractivity contribution is 5.88. The van der Waals surface area contributed by atoms with E-state index in [0.29, 0.717) is 56.9 Å². The van der Waals surface area contributed by atoms with Crippen molar-refractivity contribution in [3.63, 3.8) is 0 Å². The Morgan fingerprint density at radius 2 is 1.01 bits per heavy atom. The Labute approximate surface area is 467 Å². The van der Waals surface area contributed by atoms with Gasteiger partial charge in [-0.15, -0.1) is 0 Å². The van der Waals surface area contributed by atoms with E-state index >= 15 is 0 Å². The fourth-order valence-corrected chi connectivity index (χ4v) is 15.3. The van der Waals surface area contributed by atoms with Gasteiger partial charge in [-0.05, 0) is 118 Å². The van der Waals surface area contributed by atoms with E-state index in [1.807, 2.05) is 34.6 Å². The van der Waals surface area contributed by atoms with Crippen LogP contribution in [0.2, 0.25) is 0 Å². The van der Waals surface area contributed by atoms with Crippen molar-refractivity contribution in [2.45, 2.75) is 273 Å². The molecule has 4 aliphatic carbocycles. The Kier molecular flexibility index (Phi) is 20.6. The number of hydrogen-bond donors (Lipinski definition) is 2. The first-order valence-electron chi connectivity index (χ1n) is 29.4. The van der Waals surface area contributed by atoms with Gasteiger partial charge >= 0.3 is 5.97 Å². The fraction of sp³-hybridized carbons (Fsp3) is 0.898. The predicted octanol–water partition coefficient (Wildman–Crippen LogP) is 6.01. The Hall–Kier alpha value is -2.06. The molecule has 0 bridgehead atoms. The van der Waals surface area contributed by atoms with E-state index in [1.165, 1.54) is 5.57 Å². The molecule has 28 unspecified atom stereocenters. The van der Waals surface area contributed by atoms with Gasteiger partial charge in [0.1, 0.15) is 42.4 Å². The molecule has 0 spiro atoms. The molecule has 0 radical (unpaired) electrons. The molecule has 9 aliphatic rings. The fourth-order valence-electron chi connectivity index (χ4n) is 15.3. The summed E-state index contributed by atoms with van der Waals surface area (Å²) in [5, 5.41) is 23.0. The number of carbonyl (C=O) groups is 2. The third kappa shape index (κ3) is 13.1. The standard InChI is InChI=1S/C59H94O20/c1-14-28(2)58(62)75-41-22-39-38-17-16-36(21-35(38)15-18-40(39)59(63)20-19-37(29(3)60)52(41)59)74-47-24-43(65-10)54(31(5)70-47)77-49-26-45(67-12)56(33(7)72-49)79-51-27-46(68-13)57(34(8)73-51)78-50-25-44(66-11)55(32(6)71-50)76-48-23-42(64-9)53(61)30(4)69-48/h14-15,30-34,36-57,61,63H,16-27H2,1-13H3. The number of hydrogen-bond acceptors (Lipinski definition) is 20. The molecule has 3 saturated carbocycles. The molecular weight excluding hydrogens is 1030 g/mol. The Balaban J connectivity index is 0.749. The van der Waals surface area contributed by atoms with E-state index in [9.17, 15) is 19.8 Å². The number of aliphatic hydroxyl groups excluding tert-OH is 1. The van der Waals surface area contributed by atoms with Gasteiger partial charge in [-0.25, -0.2) is 4.79 Å². The van der Waals surface area contributed by atoms with E-state index in [4.69, 9.17) is 75.8 Å². The molecule has 20 nitrogen and oxygen atoms in total. The zero-order chi connectivity index (χ0) is 56.6. The highest BCUT2D eigenvalue weighted by Crippen LogP contribution is 2.61. The molecule has 5 saturated heterocycles. The summed E-state index contributed by atoms with van der Waals surface area (Å²) in [5.74, 6) is -0.684. The van der Waals surface area contributed by atoms with E-state index in [2.05, 4.69) is 6.08 Å². The lowest BCUT2D eigenvalue weighted by molar-refractivity contribution is -0.352. The van der Waals surface area contributed by atoms with E-state index in [0.717, 1.165) is 25.7 Å². The second kappa shape index (κ2) is 26.5. The van der Waals surface area contributed by atoms with Crippen LogP contribution in [0, 0.1) is 29.6 Å². The minimum atomic E-state index is -1.07.